The molecule has 2 aromatic carbocycles. The van der Waals surface area contributed by atoms with Gasteiger partial charge in [0.2, 0.25) is 0 Å². The minimum atomic E-state index is -4.81. The van der Waals surface area contributed by atoms with Crippen molar-refractivity contribution in [3.8, 4) is 0 Å². The van der Waals surface area contributed by atoms with E-state index in [4.69, 9.17) is 5.73 Å². The molecule has 0 radical (unpaired) electrons. The quantitative estimate of drug-likeness (QED) is 0.555. The third kappa shape index (κ3) is 4.22. The van der Waals surface area contributed by atoms with E-state index in [0.717, 1.165) is 25.1 Å². The van der Waals surface area contributed by atoms with Crippen LogP contribution in [0, 0.1) is 5.82 Å². The number of hydrogen-bond acceptors (Lipinski definition) is 5. The summed E-state index contributed by atoms with van der Waals surface area (Å²) >= 11 is 0. The van der Waals surface area contributed by atoms with E-state index in [1.807, 2.05) is 6.92 Å². The number of para-hydroxylation sites is 1. The van der Waals surface area contributed by atoms with Gasteiger partial charge in [0, 0.05) is 18.0 Å². The van der Waals surface area contributed by atoms with Crippen molar-refractivity contribution < 1.29 is 22.4 Å². The van der Waals surface area contributed by atoms with Crippen LogP contribution in [0.25, 0.3) is 10.9 Å². The molecule has 4 rings (SSSR count). The van der Waals surface area contributed by atoms with E-state index >= 15 is 0 Å². The molecule has 3 aromatic rings. The van der Waals surface area contributed by atoms with E-state index in [1.54, 1.807) is 12.1 Å². The van der Waals surface area contributed by atoms with Gasteiger partial charge in [0.1, 0.15) is 18.0 Å². The fraction of sp³-hybridized carbons (Fsp3) is 0.318. The van der Waals surface area contributed by atoms with Crippen LogP contribution in [0.3, 0.4) is 0 Å². The number of likely N-dealkylation sites (tertiary alicyclic amines) is 1. The number of fused-ring (bicyclic) bond motifs is 1. The molecule has 0 spiro atoms. The first-order chi connectivity index (χ1) is 15.1. The second-order valence-corrected chi connectivity index (χ2v) is 7.85. The van der Waals surface area contributed by atoms with Crippen LogP contribution in [0.15, 0.2) is 42.7 Å². The molecule has 168 valence electrons. The van der Waals surface area contributed by atoms with Crippen molar-refractivity contribution in [2.24, 2.45) is 5.73 Å². The van der Waals surface area contributed by atoms with Gasteiger partial charge in [-0.1, -0.05) is 12.1 Å². The first-order valence-corrected chi connectivity index (χ1v) is 10.1. The lowest BCUT2D eigenvalue weighted by Gasteiger charge is -2.41. The number of benzene rings is 2. The third-order valence-corrected chi connectivity index (χ3v) is 5.81. The van der Waals surface area contributed by atoms with Crippen LogP contribution < -0.4 is 11.1 Å². The number of halogens is 4. The summed E-state index contributed by atoms with van der Waals surface area (Å²) in [7, 11) is 0. The molecule has 1 amide bonds. The number of aromatic nitrogens is 2. The van der Waals surface area contributed by atoms with E-state index in [0.29, 0.717) is 23.3 Å². The van der Waals surface area contributed by atoms with Crippen LogP contribution in [0.2, 0.25) is 0 Å². The normalized spacial score (nSPS) is 17.7. The first kappa shape index (κ1) is 21.9. The molecule has 1 fully saturated rings. The van der Waals surface area contributed by atoms with Crippen molar-refractivity contribution in [2.75, 3.05) is 18.4 Å². The van der Waals surface area contributed by atoms with Crippen molar-refractivity contribution in [1.29, 1.82) is 0 Å². The highest BCUT2D eigenvalue weighted by Crippen LogP contribution is 2.35. The summed E-state index contributed by atoms with van der Waals surface area (Å²) in [5, 5.41) is 3.69. The minimum absolute atomic E-state index is 0.210. The molecule has 32 heavy (non-hydrogen) atoms. The number of hydrogen-bond donors (Lipinski definition) is 2. The highest BCUT2D eigenvalue weighted by molar-refractivity contribution is 6.06. The van der Waals surface area contributed by atoms with Crippen molar-refractivity contribution >= 4 is 22.6 Å². The monoisotopic (exact) mass is 447 g/mol. The Hall–Kier alpha value is -3.27. The summed E-state index contributed by atoms with van der Waals surface area (Å²) in [6.07, 6.45) is -2.57. The molecule has 0 bridgehead atoms. The van der Waals surface area contributed by atoms with Crippen molar-refractivity contribution in [3.05, 3.63) is 65.2 Å². The molecule has 1 saturated heterocycles. The Bertz CT molecular complexity index is 1170. The molecule has 0 saturated carbocycles. The Morgan fingerprint density at radius 2 is 2.06 bits per heavy atom. The number of alkyl halides is 3. The standard InChI is InChI=1S/C22H21F4N5O/c1-12-7-8-31(12)10-18(13-5-6-17(23)16(9-13)22(24,25)26)30-21-15-4-2-3-14(20(27)32)19(15)28-11-29-21/h2-6,9,11-12,18H,7-8,10H2,1H3,(H2,27,32)(H,28,29,30). The average molecular weight is 447 g/mol. The lowest BCUT2D eigenvalue weighted by molar-refractivity contribution is -0.140. The van der Waals surface area contributed by atoms with Gasteiger partial charge in [0.05, 0.1) is 22.7 Å². The Morgan fingerprint density at radius 1 is 1.28 bits per heavy atom. The highest BCUT2D eigenvalue weighted by Gasteiger charge is 2.35. The molecule has 3 N–H and O–H groups in total. The number of carbonyl (C=O) groups excluding carboxylic acids is 1. The zero-order chi connectivity index (χ0) is 23.0. The maximum atomic E-state index is 13.9. The van der Waals surface area contributed by atoms with Crippen LogP contribution in [0.1, 0.15) is 40.9 Å². The van der Waals surface area contributed by atoms with E-state index in [-0.39, 0.29) is 17.2 Å². The second-order valence-electron chi connectivity index (χ2n) is 7.85. The molecule has 2 heterocycles. The van der Waals surface area contributed by atoms with E-state index in [1.165, 1.54) is 18.5 Å². The predicted octanol–water partition coefficient (Wildman–Crippen LogP) is 4.13. The van der Waals surface area contributed by atoms with E-state index in [2.05, 4.69) is 20.2 Å². The van der Waals surface area contributed by atoms with Gasteiger partial charge in [-0.25, -0.2) is 14.4 Å². The van der Waals surface area contributed by atoms with Gasteiger partial charge in [-0.05, 0) is 49.7 Å². The minimum Gasteiger partial charge on any atom is -0.366 e. The number of carbonyl (C=O) groups is 1. The van der Waals surface area contributed by atoms with Crippen molar-refractivity contribution in [2.45, 2.75) is 31.6 Å². The van der Waals surface area contributed by atoms with Crippen molar-refractivity contribution in [1.82, 2.24) is 14.9 Å². The first-order valence-electron chi connectivity index (χ1n) is 10.1. The maximum absolute atomic E-state index is 13.9. The molecule has 1 aliphatic rings. The molecule has 0 aliphatic carbocycles. The molecular weight excluding hydrogens is 426 g/mol. The summed E-state index contributed by atoms with van der Waals surface area (Å²) in [5.41, 5.74) is 4.94. The zero-order valence-corrected chi connectivity index (χ0v) is 17.2. The van der Waals surface area contributed by atoms with Gasteiger partial charge in [-0.2, -0.15) is 13.2 Å². The molecule has 6 nitrogen and oxygen atoms in total. The Morgan fingerprint density at radius 3 is 2.69 bits per heavy atom. The number of amides is 1. The summed E-state index contributed by atoms with van der Waals surface area (Å²) in [6, 6.07) is 7.52. The summed E-state index contributed by atoms with van der Waals surface area (Å²) in [5.74, 6) is -1.63. The highest BCUT2D eigenvalue weighted by atomic mass is 19.4. The van der Waals surface area contributed by atoms with Gasteiger partial charge in [0.25, 0.3) is 5.91 Å². The number of nitrogens with zero attached hydrogens (tertiary/aromatic N) is 3. The molecule has 2 atom stereocenters. The number of nitrogens with two attached hydrogens (primary N) is 1. The van der Waals surface area contributed by atoms with Gasteiger partial charge < -0.3 is 11.1 Å². The topological polar surface area (TPSA) is 84.1 Å². The Kier molecular flexibility index (Phi) is 5.72. The summed E-state index contributed by atoms with van der Waals surface area (Å²) in [6.45, 7) is 3.24. The predicted molar refractivity (Wildman–Crippen MR) is 111 cm³/mol. The fourth-order valence-electron chi connectivity index (χ4n) is 3.85. The maximum Gasteiger partial charge on any atom is 0.419 e. The molecule has 1 aliphatic heterocycles. The molecule has 2 unspecified atom stereocenters. The summed E-state index contributed by atoms with van der Waals surface area (Å²) in [4.78, 5) is 22.3. The second kappa shape index (κ2) is 8.34. The summed E-state index contributed by atoms with van der Waals surface area (Å²) < 4.78 is 53.8. The Labute approximate surface area is 181 Å². The fourth-order valence-corrected chi connectivity index (χ4v) is 3.85. The van der Waals surface area contributed by atoms with Gasteiger partial charge >= 0.3 is 6.18 Å². The average Bonchev–Trinajstić information content (AvgIpc) is 2.74. The Balaban J connectivity index is 1.76. The van der Waals surface area contributed by atoms with E-state index < -0.39 is 29.5 Å². The van der Waals surface area contributed by atoms with Gasteiger partial charge in [-0.15, -0.1) is 0 Å². The van der Waals surface area contributed by atoms with Crippen LogP contribution in [-0.2, 0) is 6.18 Å². The largest absolute Gasteiger partial charge is 0.419 e. The lowest BCUT2D eigenvalue weighted by Crippen LogP contribution is -2.48. The van der Waals surface area contributed by atoms with Gasteiger partial charge in [0.15, 0.2) is 0 Å². The van der Waals surface area contributed by atoms with Crippen LogP contribution in [-0.4, -0.2) is 39.9 Å². The SMILES string of the molecule is CC1CCN1CC(Nc1ncnc2c(C(N)=O)cccc12)c1ccc(F)c(C(F)(F)F)c1. The van der Waals surface area contributed by atoms with Crippen LogP contribution in [0.5, 0.6) is 0 Å². The van der Waals surface area contributed by atoms with Crippen LogP contribution >= 0.6 is 0 Å². The van der Waals surface area contributed by atoms with E-state index in [9.17, 15) is 22.4 Å². The number of rotatable bonds is 6. The number of primary amides is 1. The molecule has 10 heteroatoms. The smallest absolute Gasteiger partial charge is 0.366 e. The molecule has 1 aromatic heterocycles. The van der Waals surface area contributed by atoms with Gasteiger partial charge in [-0.3, -0.25) is 9.69 Å². The van der Waals surface area contributed by atoms with Crippen LogP contribution in [0.4, 0.5) is 23.4 Å². The third-order valence-electron chi connectivity index (χ3n) is 5.81. The molecular formula is C22H21F4N5O. The lowest BCUT2D eigenvalue weighted by atomic mass is 9.98. The van der Waals surface area contributed by atoms with Crippen molar-refractivity contribution in [3.63, 3.8) is 0 Å². The zero-order valence-electron chi connectivity index (χ0n) is 17.2. The number of anilines is 1. The number of nitrogens with one attached hydrogen (secondary N) is 1.